The van der Waals surface area contributed by atoms with Crippen LogP contribution in [-0.2, 0) is 6.42 Å². The molecule has 2 atom stereocenters. The van der Waals surface area contributed by atoms with Crippen molar-refractivity contribution in [2.75, 3.05) is 0 Å². The van der Waals surface area contributed by atoms with Crippen LogP contribution in [0.15, 0.2) is 66.2 Å². The molecule has 1 N–H and O–H groups in total. The molecule has 2 heteroatoms. The molecule has 0 bridgehead atoms. The molecule has 1 aliphatic carbocycles. The molecule has 0 amide bonds. The zero-order valence-electron chi connectivity index (χ0n) is 15.0. The van der Waals surface area contributed by atoms with E-state index in [4.69, 9.17) is 0 Å². The largest absolute Gasteiger partial charge is 0.388 e. The SMILES string of the molecule is C/C=C(\CCC)C1(CC(O)c2ccccc2)Cc2ccccc2C1=O. The first-order chi connectivity index (χ1) is 12.1. The van der Waals surface area contributed by atoms with Crippen LogP contribution in [-0.4, -0.2) is 10.9 Å². The highest BCUT2D eigenvalue weighted by Crippen LogP contribution is 2.49. The summed E-state index contributed by atoms with van der Waals surface area (Å²) in [7, 11) is 0. The third-order valence-electron chi connectivity index (χ3n) is 5.40. The van der Waals surface area contributed by atoms with Gasteiger partial charge in [0.15, 0.2) is 5.78 Å². The van der Waals surface area contributed by atoms with E-state index in [1.54, 1.807) is 0 Å². The summed E-state index contributed by atoms with van der Waals surface area (Å²) in [5.74, 6) is 0.166. The molecule has 130 valence electrons. The van der Waals surface area contributed by atoms with Gasteiger partial charge in [0.05, 0.1) is 11.5 Å². The van der Waals surface area contributed by atoms with E-state index in [1.165, 1.54) is 0 Å². The van der Waals surface area contributed by atoms with Crippen LogP contribution in [0.4, 0.5) is 0 Å². The van der Waals surface area contributed by atoms with Gasteiger partial charge in [-0.2, -0.15) is 0 Å². The van der Waals surface area contributed by atoms with Crippen molar-refractivity contribution < 1.29 is 9.90 Å². The number of hydrogen-bond acceptors (Lipinski definition) is 2. The lowest BCUT2D eigenvalue weighted by Crippen LogP contribution is -2.33. The minimum Gasteiger partial charge on any atom is -0.388 e. The molecule has 3 rings (SSSR count). The Morgan fingerprint density at radius 2 is 1.84 bits per heavy atom. The third-order valence-corrected chi connectivity index (χ3v) is 5.40. The number of rotatable bonds is 6. The Kier molecular flexibility index (Phi) is 5.19. The average molecular weight is 334 g/mol. The van der Waals surface area contributed by atoms with E-state index in [0.717, 1.165) is 35.1 Å². The lowest BCUT2D eigenvalue weighted by Gasteiger charge is -2.33. The highest BCUT2D eigenvalue weighted by Gasteiger charge is 2.48. The van der Waals surface area contributed by atoms with Gasteiger partial charge in [-0.05, 0) is 37.3 Å². The van der Waals surface area contributed by atoms with Gasteiger partial charge >= 0.3 is 0 Å². The molecule has 0 radical (unpaired) electrons. The van der Waals surface area contributed by atoms with Crippen molar-refractivity contribution in [1.29, 1.82) is 0 Å². The quantitative estimate of drug-likeness (QED) is 0.730. The molecule has 0 saturated carbocycles. The van der Waals surface area contributed by atoms with Crippen LogP contribution in [0.3, 0.4) is 0 Å². The second-order valence-corrected chi connectivity index (χ2v) is 6.94. The summed E-state index contributed by atoms with van der Waals surface area (Å²) in [6.45, 7) is 4.15. The van der Waals surface area contributed by atoms with Crippen molar-refractivity contribution >= 4 is 5.78 Å². The Bertz CT molecular complexity index is 776. The minimum atomic E-state index is -0.647. The zero-order valence-corrected chi connectivity index (χ0v) is 15.0. The first-order valence-electron chi connectivity index (χ1n) is 9.13. The molecular formula is C23H26O2. The summed E-state index contributed by atoms with van der Waals surface area (Å²) in [5, 5.41) is 10.9. The topological polar surface area (TPSA) is 37.3 Å². The molecule has 2 aromatic carbocycles. The van der Waals surface area contributed by atoms with Gasteiger partial charge in [-0.1, -0.05) is 79.6 Å². The molecular weight excluding hydrogens is 308 g/mol. The summed E-state index contributed by atoms with van der Waals surface area (Å²) in [5.41, 5.74) is 3.33. The minimum absolute atomic E-state index is 0.166. The lowest BCUT2D eigenvalue weighted by molar-refractivity contribution is 0.0713. The fourth-order valence-corrected chi connectivity index (χ4v) is 4.17. The molecule has 2 aromatic rings. The van der Waals surface area contributed by atoms with Gasteiger partial charge in [0.1, 0.15) is 0 Å². The number of Topliss-reactive ketones (excluding diaryl/α,β-unsaturated/α-hetero) is 1. The lowest BCUT2D eigenvalue weighted by atomic mass is 9.70. The van der Waals surface area contributed by atoms with E-state index >= 15 is 0 Å². The van der Waals surface area contributed by atoms with E-state index in [2.05, 4.69) is 13.0 Å². The molecule has 2 nitrogen and oxygen atoms in total. The van der Waals surface area contributed by atoms with Gasteiger partial charge in [-0.3, -0.25) is 4.79 Å². The molecule has 0 aliphatic heterocycles. The summed E-state index contributed by atoms with van der Waals surface area (Å²) < 4.78 is 0. The van der Waals surface area contributed by atoms with Crippen molar-refractivity contribution in [1.82, 2.24) is 0 Å². The number of benzene rings is 2. The maximum Gasteiger partial charge on any atom is 0.173 e. The predicted molar refractivity (Wildman–Crippen MR) is 102 cm³/mol. The highest BCUT2D eigenvalue weighted by atomic mass is 16.3. The van der Waals surface area contributed by atoms with Crippen LogP contribution in [0.5, 0.6) is 0 Å². The van der Waals surface area contributed by atoms with Gasteiger partial charge in [0.25, 0.3) is 0 Å². The van der Waals surface area contributed by atoms with E-state index in [-0.39, 0.29) is 5.78 Å². The molecule has 0 spiro atoms. The average Bonchev–Trinajstić information content (AvgIpc) is 2.93. The van der Waals surface area contributed by atoms with Crippen LogP contribution in [0, 0.1) is 5.41 Å². The second-order valence-electron chi connectivity index (χ2n) is 6.94. The number of allylic oxidation sites excluding steroid dienone is 2. The number of hydrogen-bond donors (Lipinski definition) is 1. The first kappa shape index (κ1) is 17.6. The number of fused-ring (bicyclic) bond motifs is 1. The number of carbonyl (C=O) groups is 1. The number of aliphatic hydroxyl groups excluding tert-OH is 1. The van der Waals surface area contributed by atoms with Crippen molar-refractivity contribution in [2.45, 2.75) is 45.6 Å². The smallest absolute Gasteiger partial charge is 0.173 e. The van der Waals surface area contributed by atoms with Gasteiger partial charge in [0.2, 0.25) is 0 Å². The molecule has 0 aromatic heterocycles. The van der Waals surface area contributed by atoms with E-state index < -0.39 is 11.5 Å². The van der Waals surface area contributed by atoms with Gasteiger partial charge in [-0.15, -0.1) is 0 Å². The number of carbonyl (C=O) groups excluding carboxylic acids is 1. The first-order valence-corrected chi connectivity index (χ1v) is 9.13. The van der Waals surface area contributed by atoms with Crippen LogP contribution >= 0.6 is 0 Å². The maximum atomic E-state index is 13.4. The van der Waals surface area contributed by atoms with Crippen LogP contribution in [0.2, 0.25) is 0 Å². The normalized spacial score (nSPS) is 21.2. The molecule has 2 unspecified atom stereocenters. The summed E-state index contributed by atoms with van der Waals surface area (Å²) in [6, 6.07) is 17.5. The number of aliphatic hydroxyl groups is 1. The molecule has 0 fully saturated rings. The number of ketones is 1. The highest BCUT2D eigenvalue weighted by molar-refractivity contribution is 6.06. The van der Waals surface area contributed by atoms with E-state index in [0.29, 0.717) is 12.8 Å². The predicted octanol–water partition coefficient (Wildman–Crippen LogP) is 5.28. The van der Waals surface area contributed by atoms with Crippen molar-refractivity contribution in [2.24, 2.45) is 5.41 Å². The zero-order chi connectivity index (χ0) is 17.9. The summed E-state index contributed by atoms with van der Waals surface area (Å²) in [6.07, 6.45) is 4.44. The molecule has 0 heterocycles. The summed E-state index contributed by atoms with van der Waals surface area (Å²) >= 11 is 0. The fraction of sp³-hybridized carbons (Fsp3) is 0.348. The molecule has 0 saturated heterocycles. The third kappa shape index (κ3) is 3.19. The Labute approximate surface area is 150 Å². The molecule has 25 heavy (non-hydrogen) atoms. The van der Waals surface area contributed by atoms with Crippen molar-refractivity contribution in [3.05, 3.63) is 82.9 Å². The van der Waals surface area contributed by atoms with Crippen LogP contribution in [0.1, 0.15) is 60.7 Å². The maximum absolute atomic E-state index is 13.4. The van der Waals surface area contributed by atoms with Gasteiger partial charge in [0, 0.05) is 5.56 Å². The monoisotopic (exact) mass is 334 g/mol. The Balaban J connectivity index is 2.01. The Morgan fingerprint density at radius 3 is 2.48 bits per heavy atom. The summed E-state index contributed by atoms with van der Waals surface area (Å²) in [4.78, 5) is 13.4. The van der Waals surface area contributed by atoms with E-state index in [9.17, 15) is 9.90 Å². The standard InChI is InChI=1S/C23H26O2/c1-3-10-19(4-2)23(16-21(24)17-11-6-5-7-12-17)15-18-13-8-9-14-20(18)22(23)25/h4-9,11-14,21,24H,3,10,15-16H2,1-2H3/b19-4+. The van der Waals surface area contributed by atoms with Crippen molar-refractivity contribution in [3.63, 3.8) is 0 Å². The molecule has 1 aliphatic rings. The van der Waals surface area contributed by atoms with Gasteiger partial charge in [-0.25, -0.2) is 0 Å². The fourth-order valence-electron chi connectivity index (χ4n) is 4.17. The Morgan fingerprint density at radius 1 is 1.16 bits per heavy atom. The Hall–Kier alpha value is -2.19. The van der Waals surface area contributed by atoms with E-state index in [1.807, 2.05) is 61.5 Å². The van der Waals surface area contributed by atoms with Gasteiger partial charge < -0.3 is 5.11 Å². The van der Waals surface area contributed by atoms with Crippen LogP contribution < -0.4 is 0 Å². The van der Waals surface area contributed by atoms with Crippen LogP contribution in [0.25, 0.3) is 0 Å². The second kappa shape index (κ2) is 7.37. The van der Waals surface area contributed by atoms with Crippen molar-refractivity contribution in [3.8, 4) is 0 Å².